The first-order valence-electron chi connectivity index (χ1n) is 6.98. The van der Waals surface area contributed by atoms with Crippen LogP contribution in [0, 0.1) is 0 Å². The topological polar surface area (TPSA) is 35.5 Å². The zero-order valence-electron chi connectivity index (χ0n) is 12.6. The number of hydrogen-bond donors (Lipinski definition) is 0. The quantitative estimate of drug-likeness (QED) is 0.786. The van der Waals surface area contributed by atoms with Gasteiger partial charge in [0.25, 0.3) is 0 Å². The van der Waals surface area contributed by atoms with E-state index < -0.39 is 5.60 Å². The van der Waals surface area contributed by atoms with Gasteiger partial charge in [-0.15, -0.1) is 0 Å². The predicted molar refractivity (Wildman–Crippen MR) is 78.9 cm³/mol. The van der Waals surface area contributed by atoms with Crippen molar-refractivity contribution in [2.24, 2.45) is 0 Å². The van der Waals surface area contributed by atoms with Gasteiger partial charge in [-0.3, -0.25) is 0 Å². The van der Waals surface area contributed by atoms with Gasteiger partial charge in [-0.2, -0.15) is 0 Å². The summed E-state index contributed by atoms with van der Waals surface area (Å²) in [7, 11) is 1.65. The van der Waals surface area contributed by atoms with Crippen molar-refractivity contribution in [1.29, 1.82) is 0 Å². The molecule has 0 aliphatic heterocycles. The Labute approximate surface area is 120 Å². The minimum Gasteiger partial charge on any atom is -0.497 e. The van der Waals surface area contributed by atoms with Crippen LogP contribution in [-0.2, 0) is 9.53 Å². The third kappa shape index (κ3) is 3.41. The van der Waals surface area contributed by atoms with E-state index >= 15 is 0 Å². The SMILES string of the molecule is COc1ccc(C2CCC=C2C(=O)OC(C)(C)C)cc1. The standard InChI is InChI=1S/C17H22O3/c1-17(2,3)20-16(18)15-7-5-6-14(15)12-8-10-13(19-4)11-9-12/h7-11,14H,5-6H2,1-4H3. The van der Waals surface area contributed by atoms with Gasteiger partial charge in [0, 0.05) is 11.5 Å². The molecule has 0 spiro atoms. The third-order valence-corrected chi connectivity index (χ3v) is 3.35. The molecule has 0 N–H and O–H groups in total. The normalized spacial score (nSPS) is 18.6. The molecule has 0 heterocycles. The van der Waals surface area contributed by atoms with E-state index in [1.807, 2.05) is 51.1 Å². The van der Waals surface area contributed by atoms with Gasteiger partial charge in [-0.1, -0.05) is 18.2 Å². The average Bonchev–Trinajstić information content (AvgIpc) is 2.86. The Morgan fingerprint density at radius 3 is 2.40 bits per heavy atom. The zero-order chi connectivity index (χ0) is 14.8. The molecule has 0 saturated carbocycles. The first-order valence-corrected chi connectivity index (χ1v) is 6.98. The maximum absolute atomic E-state index is 12.3. The Morgan fingerprint density at radius 1 is 1.20 bits per heavy atom. The second-order valence-corrected chi connectivity index (χ2v) is 6.06. The van der Waals surface area contributed by atoms with E-state index in [9.17, 15) is 4.79 Å². The van der Waals surface area contributed by atoms with Crippen LogP contribution in [0.25, 0.3) is 0 Å². The Hall–Kier alpha value is -1.77. The van der Waals surface area contributed by atoms with Gasteiger partial charge in [-0.25, -0.2) is 4.79 Å². The van der Waals surface area contributed by atoms with Gasteiger partial charge < -0.3 is 9.47 Å². The van der Waals surface area contributed by atoms with Gasteiger partial charge >= 0.3 is 5.97 Å². The molecule has 2 rings (SSSR count). The van der Waals surface area contributed by atoms with Gasteiger partial charge in [0.05, 0.1) is 7.11 Å². The summed E-state index contributed by atoms with van der Waals surface area (Å²) in [5.74, 6) is 0.765. The summed E-state index contributed by atoms with van der Waals surface area (Å²) in [5.41, 5.74) is 1.47. The Kier molecular flexibility index (Phi) is 4.17. The summed E-state index contributed by atoms with van der Waals surface area (Å²) >= 11 is 0. The van der Waals surface area contributed by atoms with Crippen molar-refractivity contribution in [3.8, 4) is 5.75 Å². The van der Waals surface area contributed by atoms with E-state index in [0.29, 0.717) is 0 Å². The van der Waals surface area contributed by atoms with Gasteiger partial charge in [0.2, 0.25) is 0 Å². The summed E-state index contributed by atoms with van der Waals surface area (Å²) in [6, 6.07) is 7.90. The summed E-state index contributed by atoms with van der Waals surface area (Å²) in [6.07, 6.45) is 3.88. The molecule has 1 atom stereocenters. The lowest BCUT2D eigenvalue weighted by Gasteiger charge is -2.22. The molecule has 1 aromatic carbocycles. The number of benzene rings is 1. The van der Waals surface area contributed by atoms with Crippen molar-refractivity contribution in [2.45, 2.75) is 45.1 Å². The van der Waals surface area contributed by atoms with E-state index in [1.54, 1.807) is 7.11 Å². The van der Waals surface area contributed by atoms with Crippen molar-refractivity contribution in [1.82, 2.24) is 0 Å². The van der Waals surface area contributed by atoms with Crippen LogP contribution < -0.4 is 4.74 Å². The molecule has 0 fully saturated rings. The van der Waals surface area contributed by atoms with Crippen molar-refractivity contribution in [3.63, 3.8) is 0 Å². The highest BCUT2D eigenvalue weighted by molar-refractivity contribution is 5.91. The minimum atomic E-state index is -0.453. The average molecular weight is 274 g/mol. The molecule has 0 bridgehead atoms. The highest BCUT2D eigenvalue weighted by Crippen LogP contribution is 2.37. The highest BCUT2D eigenvalue weighted by Gasteiger charge is 2.29. The van der Waals surface area contributed by atoms with Crippen molar-refractivity contribution in [2.75, 3.05) is 7.11 Å². The van der Waals surface area contributed by atoms with E-state index in [2.05, 4.69) is 0 Å². The number of carbonyl (C=O) groups excluding carboxylic acids is 1. The van der Waals surface area contributed by atoms with Crippen LogP contribution in [0.2, 0.25) is 0 Å². The lowest BCUT2D eigenvalue weighted by Crippen LogP contribution is -2.25. The number of rotatable bonds is 3. The smallest absolute Gasteiger partial charge is 0.334 e. The highest BCUT2D eigenvalue weighted by atomic mass is 16.6. The van der Waals surface area contributed by atoms with Crippen LogP contribution >= 0.6 is 0 Å². The van der Waals surface area contributed by atoms with Crippen LogP contribution in [0.4, 0.5) is 0 Å². The van der Waals surface area contributed by atoms with Crippen LogP contribution in [0.15, 0.2) is 35.9 Å². The zero-order valence-corrected chi connectivity index (χ0v) is 12.6. The molecule has 0 amide bonds. The number of allylic oxidation sites excluding steroid dienone is 1. The van der Waals surface area contributed by atoms with Gasteiger partial charge in [0.15, 0.2) is 0 Å². The molecule has 0 aromatic heterocycles. The molecule has 0 radical (unpaired) electrons. The number of esters is 1. The number of methoxy groups -OCH3 is 1. The Bertz CT molecular complexity index is 506. The summed E-state index contributed by atoms with van der Waals surface area (Å²) in [4.78, 5) is 12.3. The van der Waals surface area contributed by atoms with Crippen molar-refractivity contribution >= 4 is 5.97 Å². The largest absolute Gasteiger partial charge is 0.497 e. The maximum Gasteiger partial charge on any atom is 0.334 e. The van der Waals surface area contributed by atoms with Gasteiger partial charge in [-0.05, 0) is 51.3 Å². The number of hydrogen-bond acceptors (Lipinski definition) is 3. The first kappa shape index (κ1) is 14.6. The molecule has 20 heavy (non-hydrogen) atoms. The first-order chi connectivity index (χ1) is 9.40. The Morgan fingerprint density at radius 2 is 1.85 bits per heavy atom. The fraction of sp³-hybridized carbons (Fsp3) is 0.471. The van der Waals surface area contributed by atoms with Gasteiger partial charge in [0.1, 0.15) is 11.4 Å². The van der Waals surface area contributed by atoms with E-state index in [4.69, 9.17) is 9.47 Å². The predicted octanol–water partition coefficient (Wildman–Crippen LogP) is 3.84. The van der Waals surface area contributed by atoms with Crippen molar-refractivity contribution in [3.05, 3.63) is 41.5 Å². The second kappa shape index (κ2) is 5.70. The van der Waals surface area contributed by atoms with E-state index in [1.165, 1.54) is 0 Å². The summed E-state index contributed by atoms with van der Waals surface area (Å²) in [5, 5.41) is 0. The molecule has 1 unspecified atom stereocenters. The molecular weight excluding hydrogens is 252 g/mol. The molecule has 3 nitrogen and oxygen atoms in total. The summed E-state index contributed by atoms with van der Waals surface area (Å²) in [6.45, 7) is 5.67. The van der Waals surface area contributed by atoms with Crippen LogP contribution in [0.5, 0.6) is 5.75 Å². The molecule has 108 valence electrons. The van der Waals surface area contributed by atoms with Crippen LogP contribution in [0.3, 0.4) is 0 Å². The number of carbonyl (C=O) groups is 1. The number of ether oxygens (including phenoxy) is 2. The minimum absolute atomic E-state index is 0.135. The van der Waals surface area contributed by atoms with Crippen LogP contribution in [-0.4, -0.2) is 18.7 Å². The molecule has 3 heteroatoms. The molecule has 1 aliphatic rings. The fourth-order valence-electron chi connectivity index (χ4n) is 2.45. The van der Waals surface area contributed by atoms with E-state index in [0.717, 1.165) is 29.7 Å². The molecular formula is C17H22O3. The summed E-state index contributed by atoms with van der Waals surface area (Å²) < 4.78 is 10.7. The molecule has 1 aromatic rings. The lowest BCUT2D eigenvalue weighted by molar-refractivity contribution is -0.150. The fourth-order valence-corrected chi connectivity index (χ4v) is 2.45. The second-order valence-electron chi connectivity index (χ2n) is 6.06. The monoisotopic (exact) mass is 274 g/mol. The van der Waals surface area contributed by atoms with Crippen molar-refractivity contribution < 1.29 is 14.3 Å². The Balaban J connectivity index is 2.15. The maximum atomic E-state index is 12.3. The molecule has 1 aliphatic carbocycles. The van der Waals surface area contributed by atoms with Crippen LogP contribution in [0.1, 0.15) is 45.1 Å². The lowest BCUT2D eigenvalue weighted by atomic mass is 9.92. The molecule has 0 saturated heterocycles. The third-order valence-electron chi connectivity index (χ3n) is 3.35. The van der Waals surface area contributed by atoms with E-state index in [-0.39, 0.29) is 11.9 Å².